The van der Waals surface area contributed by atoms with Crippen LogP contribution in [0.3, 0.4) is 0 Å². The molecular formula is C17H21N3O3S3. The van der Waals surface area contributed by atoms with Crippen molar-refractivity contribution in [2.24, 2.45) is 0 Å². The van der Waals surface area contributed by atoms with E-state index in [4.69, 9.17) is 17.0 Å². The summed E-state index contributed by atoms with van der Waals surface area (Å²) in [4.78, 5) is 35.3. The van der Waals surface area contributed by atoms with Gasteiger partial charge >= 0.3 is 5.97 Å². The molecule has 2 aromatic rings. The summed E-state index contributed by atoms with van der Waals surface area (Å²) in [6, 6.07) is 0. The van der Waals surface area contributed by atoms with Gasteiger partial charge in [0.05, 0.1) is 17.2 Å². The largest absolute Gasteiger partial charge is 0.462 e. The Balaban J connectivity index is 1.89. The third-order valence-corrected chi connectivity index (χ3v) is 7.06. The highest BCUT2D eigenvalue weighted by molar-refractivity contribution is 8.23. The van der Waals surface area contributed by atoms with Crippen molar-refractivity contribution in [3.8, 4) is 0 Å². The Bertz CT molecular complexity index is 900. The number of esters is 1. The number of carbonyl (C=O) groups is 1. The van der Waals surface area contributed by atoms with E-state index in [0.717, 1.165) is 17.4 Å². The van der Waals surface area contributed by atoms with E-state index in [-0.39, 0.29) is 10.8 Å². The lowest BCUT2D eigenvalue weighted by atomic mass is 10.2. The van der Waals surface area contributed by atoms with Crippen LogP contribution in [0.5, 0.6) is 0 Å². The molecule has 2 aromatic heterocycles. The molecule has 26 heavy (non-hydrogen) atoms. The van der Waals surface area contributed by atoms with Crippen LogP contribution in [-0.4, -0.2) is 44.9 Å². The summed E-state index contributed by atoms with van der Waals surface area (Å²) < 4.78 is 5.91. The first-order valence-electron chi connectivity index (χ1n) is 8.58. The predicted octanol–water partition coefficient (Wildman–Crippen LogP) is 3.64. The van der Waals surface area contributed by atoms with E-state index < -0.39 is 5.97 Å². The maximum Gasteiger partial charge on any atom is 0.348 e. The molecule has 140 valence electrons. The fourth-order valence-corrected chi connectivity index (χ4v) is 5.48. The molecule has 0 aromatic carbocycles. The molecule has 9 heteroatoms. The highest BCUT2D eigenvalue weighted by Gasteiger charge is 2.23. The number of thiophene rings is 1. The van der Waals surface area contributed by atoms with Gasteiger partial charge in [-0.2, -0.15) is 0 Å². The van der Waals surface area contributed by atoms with E-state index in [1.807, 2.05) is 6.92 Å². The number of carbonyl (C=O) groups excluding carboxylic acids is 1. The van der Waals surface area contributed by atoms with Crippen LogP contribution in [0.1, 0.15) is 53.0 Å². The van der Waals surface area contributed by atoms with Gasteiger partial charge in [-0.15, -0.1) is 11.3 Å². The van der Waals surface area contributed by atoms with Crippen molar-refractivity contribution in [1.82, 2.24) is 14.9 Å². The SMILES string of the molecule is CCOC(=O)c1sc2nc([C@@H](C)SC(=S)N3CCCC3)[nH]c(=O)c2c1C. The number of hydrogen-bond acceptors (Lipinski definition) is 7. The lowest BCUT2D eigenvalue weighted by molar-refractivity contribution is 0.0531. The van der Waals surface area contributed by atoms with Crippen molar-refractivity contribution in [3.63, 3.8) is 0 Å². The number of nitrogens with one attached hydrogen (secondary N) is 1. The van der Waals surface area contributed by atoms with E-state index >= 15 is 0 Å². The molecule has 1 atom stereocenters. The van der Waals surface area contributed by atoms with Gasteiger partial charge in [0.25, 0.3) is 5.56 Å². The van der Waals surface area contributed by atoms with Crippen LogP contribution in [0.15, 0.2) is 4.79 Å². The molecule has 3 heterocycles. The molecule has 0 aliphatic carbocycles. The summed E-state index contributed by atoms with van der Waals surface area (Å²) >= 11 is 8.25. The first-order valence-corrected chi connectivity index (χ1v) is 10.7. The molecule has 1 N–H and O–H groups in total. The lowest BCUT2D eigenvalue weighted by Crippen LogP contribution is -2.24. The highest BCUT2D eigenvalue weighted by atomic mass is 32.2. The zero-order valence-electron chi connectivity index (χ0n) is 15.0. The molecule has 3 rings (SSSR count). The molecule has 0 spiro atoms. The fourth-order valence-electron chi connectivity index (χ4n) is 2.93. The number of thioether (sulfide) groups is 1. The molecule has 0 bridgehead atoms. The van der Waals surface area contributed by atoms with Gasteiger partial charge in [0.2, 0.25) is 0 Å². The number of thiocarbonyl (C=S) groups is 1. The first kappa shape index (κ1) is 19.3. The predicted molar refractivity (Wildman–Crippen MR) is 110 cm³/mol. The van der Waals surface area contributed by atoms with Gasteiger partial charge in [-0.25, -0.2) is 9.78 Å². The Kier molecular flexibility index (Phi) is 5.99. The summed E-state index contributed by atoms with van der Waals surface area (Å²) in [5.74, 6) is 0.164. The molecular weight excluding hydrogens is 390 g/mol. The number of rotatable bonds is 4. The number of likely N-dealkylation sites (tertiary alicyclic amines) is 1. The molecule has 0 amide bonds. The van der Waals surface area contributed by atoms with Gasteiger partial charge in [0, 0.05) is 13.1 Å². The minimum Gasteiger partial charge on any atom is -0.462 e. The summed E-state index contributed by atoms with van der Waals surface area (Å²) in [6.07, 6.45) is 2.34. The van der Waals surface area contributed by atoms with E-state index in [2.05, 4.69) is 14.9 Å². The standard InChI is InChI=1S/C17H21N3O3S3/c1-4-23-16(22)12-9(2)11-14(21)18-13(19-15(11)26-12)10(3)25-17(24)20-7-5-6-8-20/h10H,4-8H2,1-3H3,(H,18,19,21)/t10-/m1/s1. The van der Waals surface area contributed by atoms with Crippen molar-refractivity contribution >= 4 is 55.8 Å². The minimum atomic E-state index is -0.411. The number of H-pyrrole nitrogens is 1. The maximum atomic E-state index is 12.6. The smallest absolute Gasteiger partial charge is 0.348 e. The third-order valence-electron chi connectivity index (χ3n) is 4.31. The second kappa shape index (κ2) is 8.06. The summed E-state index contributed by atoms with van der Waals surface area (Å²) in [5, 5.41) is 0.384. The van der Waals surface area contributed by atoms with Crippen LogP contribution in [0.4, 0.5) is 0 Å². The minimum absolute atomic E-state index is 0.0753. The molecule has 0 unspecified atom stereocenters. The Hall–Kier alpha value is -1.45. The number of ether oxygens (including phenoxy) is 1. The van der Waals surface area contributed by atoms with Gasteiger partial charge in [0.1, 0.15) is 19.9 Å². The van der Waals surface area contributed by atoms with Crippen LogP contribution in [-0.2, 0) is 4.74 Å². The molecule has 0 saturated carbocycles. The van der Waals surface area contributed by atoms with Gasteiger partial charge in [-0.1, -0.05) is 24.0 Å². The van der Waals surface area contributed by atoms with Crippen LogP contribution in [0.25, 0.3) is 10.2 Å². The number of aromatic amines is 1. The number of nitrogens with zero attached hydrogens (tertiary/aromatic N) is 2. The monoisotopic (exact) mass is 411 g/mol. The van der Waals surface area contributed by atoms with Gasteiger partial charge in [-0.3, -0.25) is 4.79 Å². The lowest BCUT2D eigenvalue weighted by Gasteiger charge is -2.20. The van der Waals surface area contributed by atoms with Gasteiger partial charge in [0.15, 0.2) is 0 Å². The van der Waals surface area contributed by atoms with Gasteiger partial charge < -0.3 is 14.6 Å². The zero-order valence-corrected chi connectivity index (χ0v) is 17.4. The normalized spacial score (nSPS) is 15.4. The molecule has 0 radical (unpaired) electrons. The molecule has 1 saturated heterocycles. The fraction of sp³-hybridized carbons (Fsp3) is 0.529. The van der Waals surface area contributed by atoms with Crippen LogP contribution >= 0.6 is 35.3 Å². The first-order chi connectivity index (χ1) is 12.4. The van der Waals surface area contributed by atoms with Crippen molar-refractivity contribution < 1.29 is 9.53 Å². The van der Waals surface area contributed by atoms with E-state index in [1.165, 1.54) is 35.9 Å². The molecule has 1 fully saturated rings. The summed E-state index contributed by atoms with van der Waals surface area (Å²) in [6.45, 7) is 7.77. The average Bonchev–Trinajstić information content (AvgIpc) is 3.23. The van der Waals surface area contributed by atoms with E-state index in [1.54, 1.807) is 13.8 Å². The second-order valence-electron chi connectivity index (χ2n) is 6.13. The van der Waals surface area contributed by atoms with Crippen LogP contribution in [0, 0.1) is 6.92 Å². The van der Waals surface area contributed by atoms with E-state index in [0.29, 0.717) is 33.1 Å². The topological polar surface area (TPSA) is 75.3 Å². The van der Waals surface area contributed by atoms with Crippen molar-refractivity contribution in [3.05, 3.63) is 26.6 Å². The van der Waals surface area contributed by atoms with Crippen LogP contribution in [0.2, 0.25) is 0 Å². The molecule has 1 aliphatic heterocycles. The van der Waals surface area contributed by atoms with Crippen molar-refractivity contribution in [2.75, 3.05) is 19.7 Å². The third kappa shape index (κ3) is 3.79. The summed E-state index contributed by atoms with van der Waals surface area (Å²) in [5.41, 5.74) is 0.394. The summed E-state index contributed by atoms with van der Waals surface area (Å²) in [7, 11) is 0. The average molecular weight is 412 g/mol. The molecule has 6 nitrogen and oxygen atoms in total. The molecule has 1 aliphatic rings. The highest BCUT2D eigenvalue weighted by Crippen LogP contribution is 2.32. The number of aryl methyl sites for hydroxylation is 1. The number of fused-ring (bicyclic) bond motifs is 1. The Labute approximate surface area is 165 Å². The van der Waals surface area contributed by atoms with Crippen molar-refractivity contribution in [1.29, 1.82) is 0 Å². The van der Waals surface area contributed by atoms with Gasteiger partial charge in [-0.05, 0) is 39.2 Å². The Morgan fingerprint density at radius 3 is 2.81 bits per heavy atom. The Morgan fingerprint density at radius 2 is 2.15 bits per heavy atom. The Morgan fingerprint density at radius 1 is 1.46 bits per heavy atom. The second-order valence-corrected chi connectivity index (χ2v) is 9.10. The van der Waals surface area contributed by atoms with Crippen molar-refractivity contribution in [2.45, 2.75) is 38.9 Å². The number of aromatic nitrogens is 2. The number of hydrogen-bond donors (Lipinski definition) is 1. The maximum absolute atomic E-state index is 12.6. The zero-order chi connectivity index (χ0) is 18.8. The van der Waals surface area contributed by atoms with Crippen LogP contribution < -0.4 is 5.56 Å². The quantitative estimate of drug-likeness (QED) is 0.608. The van der Waals surface area contributed by atoms with E-state index in [9.17, 15) is 9.59 Å².